The Kier molecular flexibility index (Phi) is 12.2. The highest BCUT2D eigenvalue weighted by atomic mass is 32.2. The molecule has 0 aliphatic heterocycles. The molecule has 6 heteroatoms. The van der Waals surface area contributed by atoms with Crippen molar-refractivity contribution in [1.82, 2.24) is 5.32 Å². The third-order valence-electron chi connectivity index (χ3n) is 6.54. The molecule has 3 rings (SSSR count). The number of unbranched alkanes of at least 4 members (excludes halogenated alkanes) is 4. The number of nitrogens with zero attached hydrogens (tertiary/aromatic N) is 1. The second-order valence-corrected chi connectivity index (χ2v) is 10.8. The van der Waals surface area contributed by atoms with E-state index in [0.717, 1.165) is 54.1 Å². The molecule has 1 aliphatic carbocycles. The maximum absolute atomic E-state index is 13.2. The number of carbonyl (C=O) groups is 2. The quantitative estimate of drug-likeness (QED) is 0.167. The fourth-order valence-electron chi connectivity index (χ4n) is 4.54. The number of hydrogen-bond donors (Lipinski definition) is 1. The van der Waals surface area contributed by atoms with E-state index in [9.17, 15) is 9.59 Å². The van der Waals surface area contributed by atoms with Gasteiger partial charge in [-0.05, 0) is 68.1 Å². The van der Waals surface area contributed by atoms with Crippen LogP contribution in [0.1, 0.15) is 90.9 Å². The van der Waals surface area contributed by atoms with Gasteiger partial charge in [0.25, 0.3) is 0 Å². The third-order valence-corrected chi connectivity index (χ3v) is 7.54. The van der Waals surface area contributed by atoms with Crippen LogP contribution >= 0.6 is 11.8 Å². The van der Waals surface area contributed by atoms with Crippen LogP contribution in [0, 0.1) is 0 Å². The largest absolute Gasteiger partial charge is 0.426 e. The van der Waals surface area contributed by atoms with Crippen molar-refractivity contribution in [3.8, 4) is 5.75 Å². The summed E-state index contributed by atoms with van der Waals surface area (Å²) in [4.78, 5) is 29.1. The molecule has 2 aromatic rings. The van der Waals surface area contributed by atoms with Crippen molar-refractivity contribution in [1.29, 1.82) is 0 Å². The maximum Gasteiger partial charge on any atom is 0.322 e. The van der Waals surface area contributed by atoms with Gasteiger partial charge in [-0.1, -0.05) is 76.6 Å². The van der Waals surface area contributed by atoms with Gasteiger partial charge in [0.05, 0.1) is 0 Å². The van der Waals surface area contributed by atoms with E-state index in [0.29, 0.717) is 18.2 Å². The molecule has 5 nitrogen and oxygen atoms in total. The highest BCUT2D eigenvalue weighted by Crippen LogP contribution is 2.32. The zero-order valence-electron chi connectivity index (χ0n) is 22.0. The first-order valence-corrected chi connectivity index (χ1v) is 14.6. The molecule has 36 heavy (non-hydrogen) atoms. The van der Waals surface area contributed by atoms with E-state index in [1.807, 2.05) is 48.2 Å². The van der Waals surface area contributed by atoms with Crippen LogP contribution < -0.4 is 15.0 Å². The number of amides is 2. The topological polar surface area (TPSA) is 58.6 Å². The predicted octanol–water partition coefficient (Wildman–Crippen LogP) is 8.36. The first-order chi connectivity index (χ1) is 17.6. The molecule has 0 spiro atoms. The number of anilines is 1. The van der Waals surface area contributed by atoms with Crippen LogP contribution in [0.4, 0.5) is 10.5 Å². The Bertz CT molecular complexity index is 941. The number of carbonyl (C=O) groups excluding carboxylic acids is 2. The van der Waals surface area contributed by atoms with Gasteiger partial charge in [0.15, 0.2) is 0 Å². The zero-order valence-corrected chi connectivity index (χ0v) is 22.8. The first-order valence-electron chi connectivity index (χ1n) is 13.8. The summed E-state index contributed by atoms with van der Waals surface area (Å²) in [6.45, 7) is 4.92. The number of hydrogen-bond acceptors (Lipinski definition) is 4. The van der Waals surface area contributed by atoms with Crippen LogP contribution in [0.2, 0.25) is 0 Å². The van der Waals surface area contributed by atoms with Gasteiger partial charge in [0, 0.05) is 34.5 Å². The summed E-state index contributed by atoms with van der Waals surface area (Å²) >= 11 is 1.62. The summed E-state index contributed by atoms with van der Waals surface area (Å²) in [5, 5.41) is 3.30. The summed E-state index contributed by atoms with van der Waals surface area (Å²) in [6.07, 6.45) is 12.9. The minimum atomic E-state index is -0.203. The van der Waals surface area contributed by atoms with Crippen molar-refractivity contribution < 1.29 is 14.3 Å². The maximum atomic E-state index is 13.2. The Hall–Kier alpha value is -2.47. The van der Waals surface area contributed by atoms with Crippen LogP contribution in [0.5, 0.6) is 5.75 Å². The number of benzene rings is 2. The van der Waals surface area contributed by atoms with Crippen molar-refractivity contribution in [2.24, 2.45) is 0 Å². The summed E-state index contributed by atoms with van der Waals surface area (Å²) in [7, 11) is 0. The molecule has 0 radical (unpaired) electrons. The lowest BCUT2D eigenvalue weighted by Crippen LogP contribution is -2.46. The standard InChI is InChI=1S/C30H42N2O3S/c1-3-5-6-7-11-22-32(30(34)31-24-14-9-8-10-15-24)25-18-20-27(21-19-25)36-28-17-12-16-26(23-28)35-29(33)13-4-2/h12,16-21,23-24H,3-11,13-15,22H2,1-2H3,(H,31,34). The monoisotopic (exact) mass is 510 g/mol. The van der Waals surface area contributed by atoms with Crippen LogP contribution in [-0.4, -0.2) is 24.6 Å². The van der Waals surface area contributed by atoms with Gasteiger partial charge < -0.3 is 10.1 Å². The molecule has 0 aromatic heterocycles. The van der Waals surface area contributed by atoms with Crippen molar-refractivity contribution in [3.63, 3.8) is 0 Å². The van der Waals surface area contributed by atoms with Crippen molar-refractivity contribution in [2.75, 3.05) is 11.4 Å². The Balaban J connectivity index is 1.64. The van der Waals surface area contributed by atoms with Crippen LogP contribution in [0.3, 0.4) is 0 Å². The molecule has 2 amide bonds. The molecule has 0 unspecified atom stereocenters. The smallest absolute Gasteiger partial charge is 0.322 e. The lowest BCUT2D eigenvalue weighted by Gasteiger charge is -2.28. The Morgan fingerprint density at radius 1 is 0.917 bits per heavy atom. The molecular weight excluding hydrogens is 468 g/mol. The van der Waals surface area contributed by atoms with Crippen molar-refractivity contribution in [2.45, 2.75) is 107 Å². The minimum absolute atomic E-state index is 0.0272. The lowest BCUT2D eigenvalue weighted by molar-refractivity contribution is -0.134. The molecule has 1 fully saturated rings. The van der Waals surface area contributed by atoms with Gasteiger partial charge in [0.1, 0.15) is 5.75 Å². The number of urea groups is 1. The van der Waals surface area contributed by atoms with E-state index < -0.39 is 0 Å². The molecule has 0 saturated heterocycles. The van der Waals surface area contributed by atoms with Gasteiger partial charge in [-0.25, -0.2) is 4.79 Å². The summed E-state index contributed by atoms with van der Waals surface area (Å²) in [5.74, 6) is 0.369. The summed E-state index contributed by atoms with van der Waals surface area (Å²) in [5.41, 5.74) is 0.936. The Labute approximate surface area is 221 Å². The third kappa shape index (κ3) is 9.53. The van der Waals surface area contributed by atoms with Gasteiger partial charge >= 0.3 is 12.0 Å². The van der Waals surface area contributed by atoms with Crippen molar-refractivity contribution >= 4 is 29.4 Å². The molecule has 0 bridgehead atoms. The van der Waals surface area contributed by atoms with E-state index >= 15 is 0 Å². The SMILES string of the molecule is CCCCCCCN(C(=O)NC1CCCCC1)c1ccc(Sc2cccc(OC(=O)CCC)c2)cc1. The molecule has 2 aromatic carbocycles. The zero-order chi connectivity index (χ0) is 25.6. The van der Waals surface area contributed by atoms with Gasteiger partial charge in [-0.3, -0.25) is 9.69 Å². The second kappa shape index (κ2) is 15.6. The molecule has 196 valence electrons. The fraction of sp³-hybridized carbons (Fsp3) is 0.533. The highest BCUT2D eigenvalue weighted by Gasteiger charge is 2.21. The number of rotatable bonds is 13. The lowest BCUT2D eigenvalue weighted by atomic mass is 9.96. The number of esters is 1. The van der Waals surface area contributed by atoms with Gasteiger partial charge in [-0.2, -0.15) is 0 Å². The van der Waals surface area contributed by atoms with Gasteiger partial charge in [0.2, 0.25) is 0 Å². The minimum Gasteiger partial charge on any atom is -0.426 e. The van der Waals surface area contributed by atoms with Crippen LogP contribution in [0.25, 0.3) is 0 Å². The van der Waals surface area contributed by atoms with Crippen LogP contribution in [-0.2, 0) is 4.79 Å². The van der Waals surface area contributed by atoms with Gasteiger partial charge in [-0.15, -0.1) is 0 Å². The van der Waals surface area contributed by atoms with Crippen LogP contribution in [0.15, 0.2) is 58.3 Å². The molecule has 0 heterocycles. The summed E-state index contributed by atoms with van der Waals surface area (Å²) in [6, 6.07) is 16.1. The molecule has 1 saturated carbocycles. The molecule has 0 atom stereocenters. The number of nitrogens with one attached hydrogen (secondary N) is 1. The number of ether oxygens (including phenoxy) is 1. The average Bonchev–Trinajstić information content (AvgIpc) is 2.88. The molecule has 1 N–H and O–H groups in total. The second-order valence-electron chi connectivity index (χ2n) is 9.65. The van der Waals surface area contributed by atoms with E-state index in [2.05, 4.69) is 24.4 Å². The Morgan fingerprint density at radius 2 is 1.67 bits per heavy atom. The normalized spacial score (nSPS) is 13.8. The van der Waals surface area contributed by atoms with Crippen molar-refractivity contribution in [3.05, 3.63) is 48.5 Å². The Morgan fingerprint density at radius 3 is 2.39 bits per heavy atom. The molecule has 1 aliphatic rings. The van der Waals surface area contributed by atoms with E-state index in [4.69, 9.17) is 4.74 Å². The molecular formula is C30H42N2O3S. The van der Waals surface area contributed by atoms with E-state index in [-0.39, 0.29) is 12.0 Å². The highest BCUT2D eigenvalue weighted by molar-refractivity contribution is 7.99. The van der Waals surface area contributed by atoms with E-state index in [1.165, 1.54) is 38.5 Å². The fourth-order valence-corrected chi connectivity index (χ4v) is 5.40. The first kappa shape index (κ1) is 28.1. The average molecular weight is 511 g/mol. The summed E-state index contributed by atoms with van der Waals surface area (Å²) < 4.78 is 5.43. The van der Waals surface area contributed by atoms with E-state index in [1.54, 1.807) is 11.8 Å². The predicted molar refractivity (Wildman–Crippen MR) is 149 cm³/mol.